The summed E-state index contributed by atoms with van der Waals surface area (Å²) in [6.45, 7) is 4.01. The summed E-state index contributed by atoms with van der Waals surface area (Å²) in [6, 6.07) is 8.65. The molecule has 0 fully saturated rings. The fourth-order valence-corrected chi connectivity index (χ4v) is 3.67. The van der Waals surface area contributed by atoms with Crippen molar-refractivity contribution < 1.29 is 14.6 Å². The topological polar surface area (TPSA) is 46.5 Å². The zero-order chi connectivity index (χ0) is 21.2. The van der Waals surface area contributed by atoms with Crippen LogP contribution in [0.15, 0.2) is 36.4 Å². The Morgan fingerprint density at radius 2 is 1.62 bits per heavy atom. The molecular weight excluding hydrogens is 360 g/mol. The number of benzene rings is 1. The van der Waals surface area contributed by atoms with Gasteiger partial charge in [0.25, 0.3) is 0 Å². The minimum atomic E-state index is -0.196. The number of aryl methyl sites for hydroxylation is 2. The van der Waals surface area contributed by atoms with E-state index in [0.717, 1.165) is 51.4 Å². The van der Waals surface area contributed by atoms with Crippen molar-refractivity contribution in [2.75, 3.05) is 6.61 Å². The van der Waals surface area contributed by atoms with E-state index < -0.39 is 0 Å². The maximum absolute atomic E-state index is 11.4. The van der Waals surface area contributed by atoms with Gasteiger partial charge in [-0.15, -0.1) is 0 Å². The molecule has 3 nitrogen and oxygen atoms in total. The number of hydrogen-bond donors (Lipinski definition) is 1. The van der Waals surface area contributed by atoms with Crippen LogP contribution in [0.25, 0.3) is 0 Å². The van der Waals surface area contributed by atoms with Gasteiger partial charge in [-0.3, -0.25) is 4.79 Å². The molecule has 0 aliphatic heterocycles. The number of carbonyl (C=O) groups is 1. The summed E-state index contributed by atoms with van der Waals surface area (Å²) in [5.41, 5.74) is 2.82. The van der Waals surface area contributed by atoms with E-state index in [1.165, 1.54) is 50.2 Å². The molecular formula is C26H42O3. The Balaban J connectivity index is 2.42. The van der Waals surface area contributed by atoms with Crippen molar-refractivity contribution in [2.24, 2.45) is 0 Å². The lowest BCUT2D eigenvalue weighted by Crippen LogP contribution is -2.13. The summed E-state index contributed by atoms with van der Waals surface area (Å²) in [5.74, 6) is -0.196. The Kier molecular flexibility index (Phi) is 15.1. The molecule has 1 N–H and O–H groups in total. The summed E-state index contributed by atoms with van der Waals surface area (Å²) in [7, 11) is 0. The van der Waals surface area contributed by atoms with Crippen molar-refractivity contribution in [1.29, 1.82) is 0 Å². The average molecular weight is 403 g/mol. The first-order valence-electron chi connectivity index (χ1n) is 11.7. The van der Waals surface area contributed by atoms with Crippen LogP contribution in [-0.2, 0) is 22.4 Å². The molecule has 1 rings (SSSR count). The van der Waals surface area contributed by atoms with Crippen molar-refractivity contribution in [3.05, 3.63) is 47.5 Å². The lowest BCUT2D eigenvalue weighted by Gasteiger charge is -2.13. The zero-order valence-corrected chi connectivity index (χ0v) is 18.7. The minimum Gasteiger partial charge on any atom is -0.458 e. The van der Waals surface area contributed by atoms with E-state index in [1.807, 2.05) is 0 Å². The van der Waals surface area contributed by atoms with E-state index in [9.17, 15) is 4.79 Å². The minimum absolute atomic E-state index is 0.0904. The molecule has 1 unspecified atom stereocenters. The smallest absolute Gasteiger partial charge is 0.303 e. The fraction of sp³-hybridized carbons (Fsp3) is 0.654. The van der Waals surface area contributed by atoms with Crippen molar-refractivity contribution in [2.45, 2.75) is 103 Å². The van der Waals surface area contributed by atoms with Crippen molar-refractivity contribution in [3.63, 3.8) is 0 Å². The van der Waals surface area contributed by atoms with Gasteiger partial charge in [-0.1, -0.05) is 75.8 Å². The molecule has 0 bridgehead atoms. The highest BCUT2D eigenvalue weighted by Crippen LogP contribution is 2.16. The first-order chi connectivity index (χ1) is 14.2. The molecule has 0 amide bonds. The zero-order valence-electron chi connectivity index (χ0n) is 18.7. The lowest BCUT2D eigenvalue weighted by atomic mass is 9.98. The van der Waals surface area contributed by atoms with Gasteiger partial charge in [0.05, 0.1) is 0 Å². The molecule has 0 radical (unpaired) electrons. The Hall–Kier alpha value is -1.61. The number of carbonyl (C=O) groups excluding carboxylic acids is 1. The van der Waals surface area contributed by atoms with Gasteiger partial charge in [0, 0.05) is 13.5 Å². The van der Waals surface area contributed by atoms with Gasteiger partial charge in [-0.25, -0.2) is 0 Å². The van der Waals surface area contributed by atoms with Crippen LogP contribution in [0, 0.1) is 0 Å². The molecule has 0 heterocycles. The fourth-order valence-electron chi connectivity index (χ4n) is 3.67. The number of esters is 1. The molecule has 0 aliphatic rings. The number of allylic oxidation sites excluding steroid dienone is 1. The third-order valence-electron chi connectivity index (χ3n) is 5.31. The summed E-state index contributed by atoms with van der Waals surface area (Å²) in [6.07, 6.45) is 18.7. The lowest BCUT2D eigenvalue weighted by molar-refractivity contribution is -0.144. The van der Waals surface area contributed by atoms with Crippen LogP contribution < -0.4 is 0 Å². The SMILES string of the molecule is CCCCCCCCC(C=CCCc1ccccc1CCCCCO)OC(C)=O. The second-order valence-electron chi connectivity index (χ2n) is 7.97. The van der Waals surface area contributed by atoms with Gasteiger partial charge in [0.1, 0.15) is 6.10 Å². The van der Waals surface area contributed by atoms with Crippen LogP contribution in [0.1, 0.15) is 95.6 Å². The monoisotopic (exact) mass is 402 g/mol. The molecule has 0 saturated carbocycles. The van der Waals surface area contributed by atoms with Gasteiger partial charge in [0.2, 0.25) is 0 Å². The Bertz CT molecular complexity index is 565. The summed E-state index contributed by atoms with van der Waals surface area (Å²) in [4.78, 5) is 11.4. The van der Waals surface area contributed by atoms with Gasteiger partial charge in [-0.05, 0) is 62.1 Å². The first kappa shape index (κ1) is 25.4. The summed E-state index contributed by atoms with van der Waals surface area (Å²) < 4.78 is 5.48. The van der Waals surface area contributed by atoms with Crippen LogP contribution in [0.4, 0.5) is 0 Å². The van der Waals surface area contributed by atoms with E-state index in [0.29, 0.717) is 0 Å². The quantitative estimate of drug-likeness (QED) is 0.182. The highest BCUT2D eigenvalue weighted by Gasteiger charge is 2.08. The van der Waals surface area contributed by atoms with E-state index in [2.05, 4.69) is 43.3 Å². The summed E-state index contributed by atoms with van der Waals surface area (Å²) in [5, 5.41) is 8.92. The molecule has 3 heteroatoms. The maximum Gasteiger partial charge on any atom is 0.303 e. The first-order valence-corrected chi connectivity index (χ1v) is 11.7. The van der Waals surface area contributed by atoms with E-state index >= 15 is 0 Å². The molecule has 29 heavy (non-hydrogen) atoms. The highest BCUT2D eigenvalue weighted by molar-refractivity contribution is 5.66. The van der Waals surface area contributed by atoms with Crippen molar-refractivity contribution in [1.82, 2.24) is 0 Å². The Morgan fingerprint density at radius 3 is 2.31 bits per heavy atom. The molecule has 0 spiro atoms. The van der Waals surface area contributed by atoms with Gasteiger partial charge < -0.3 is 9.84 Å². The van der Waals surface area contributed by atoms with Crippen LogP contribution in [0.2, 0.25) is 0 Å². The second-order valence-corrected chi connectivity index (χ2v) is 7.97. The number of unbranched alkanes of at least 4 members (excludes halogenated alkanes) is 7. The van der Waals surface area contributed by atoms with E-state index in [1.54, 1.807) is 0 Å². The van der Waals surface area contributed by atoms with E-state index in [4.69, 9.17) is 9.84 Å². The predicted octanol–water partition coefficient (Wildman–Crippen LogP) is 6.56. The Labute approximate surface area is 178 Å². The predicted molar refractivity (Wildman–Crippen MR) is 122 cm³/mol. The molecule has 1 atom stereocenters. The van der Waals surface area contributed by atoms with Gasteiger partial charge >= 0.3 is 5.97 Å². The normalized spacial score (nSPS) is 12.4. The molecule has 0 saturated heterocycles. The van der Waals surface area contributed by atoms with Gasteiger partial charge in [-0.2, -0.15) is 0 Å². The van der Waals surface area contributed by atoms with Gasteiger partial charge in [0.15, 0.2) is 0 Å². The van der Waals surface area contributed by atoms with E-state index in [-0.39, 0.29) is 18.7 Å². The second kappa shape index (κ2) is 17.3. The molecule has 0 aliphatic carbocycles. The van der Waals surface area contributed by atoms with Crippen LogP contribution >= 0.6 is 0 Å². The third-order valence-corrected chi connectivity index (χ3v) is 5.31. The maximum atomic E-state index is 11.4. The molecule has 0 aromatic heterocycles. The third kappa shape index (κ3) is 13.3. The molecule has 164 valence electrons. The van der Waals surface area contributed by atoms with Crippen LogP contribution in [0.5, 0.6) is 0 Å². The summed E-state index contributed by atoms with van der Waals surface area (Å²) >= 11 is 0. The number of aliphatic hydroxyl groups excluding tert-OH is 1. The molecule has 1 aromatic carbocycles. The van der Waals surface area contributed by atoms with Crippen LogP contribution in [-0.4, -0.2) is 23.8 Å². The average Bonchev–Trinajstić information content (AvgIpc) is 2.71. The van der Waals surface area contributed by atoms with Crippen molar-refractivity contribution >= 4 is 5.97 Å². The number of ether oxygens (including phenoxy) is 1. The Morgan fingerprint density at radius 1 is 0.966 bits per heavy atom. The van der Waals surface area contributed by atoms with Crippen LogP contribution in [0.3, 0.4) is 0 Å². The molecule has 1 aromatic rings. The van der Waals surface area contributed by atoms with Crippen molar-refractivity contribution in [3.8, 4) is 0 Å². The largest absolute Gasteiger partial charge is 0.458 e. The number of hydrogen-bond acceptors (Lipinski definition) is 3. The number of rotatable bonds is 17. The number of aliphatic hydroxyl groups is 1. The standard InChI is InChI=1S/C26H42O3/c1-3-4-5-6-7-10-20-26(29-23(2)28)21-14-13-19-25-18-12-11-17-24(25)16-9-8-15-22-27/h11-12,14,17-18,21,26-27H,3-10,13,15-16,19-20,22H2,1-2H3. The highest BCUT2D eigenvalue weighted by atomic mass is 16.5.